The Labute approximate surface area is 148 Å². The fraction of sp³-hybridized carbons (Fsp3) is 0.0625. The van der Waals surface area contributed by atoms with E-state index in [0.717, 1.165) is 16.6 Å². The smallest absolute Gasteiger partial charge is 0.340 e. The van der Waals surface area contributed by atoms with E-state index in [1.54, 1.807) is 18.3 Å². The molecule has 8 heteroatoms. The number of ether oxygens (including phenoxy) is 1. The lowest BCUT2D eigenvalue weighted by atomic mass is 10.2. The number of esters is 1. The van der Waals surface area contributed by atoms with Gasteiger partial charge in [0.2, 0.25) is 0 Å². The average molecular weight is 412 g/mol. The van der Waals surface area contributed by atoms with E-state index in [1.165, 1.54) is 16.5 Å². The zero-order chi connectivity index (χ0) is 17.3. The molecule has 2 heterocycles. The molecule has 3 rings (SSSR count). The minimum Gasteiger partial charge on any atom is -0.456 e. The SMILES string of the molecule is O=C(OCc1cc(=O)n2cc(Br)ccc2n1)c1ccc(F)cc1Cl. The first-order valence-corrected chi connectivity index (χ1v) is 7.91. The summed E-state index contributed by atoms with van der Waals surface area (Å²) >= 11 is 9.09. The molecule has 0 aliphatic heterocycles. The van der Waals surface area contributed by atoms with Crippen molar-refractivity contribution in [2.75, 3.05) is 0 Å². The normalized spacial score (nSPS) is 10.8. The molecule has 3 aromatic rings. The molecule has 0 unspecified atom stereocenters. The van der Waals surface area contributed by atoms with Crippen molar-refractivity contribution in [3.8, 4) is 0 Å². The highest BCUT2D eigenvalue weighted by Gasteiger charge is 2.13. The summed E-state index contributed by atoms with van der Waals surface area (Å²) in [6.07, 6.45) is 1.60. The van der Waals surface area contributed by atoms with Gasteiger partial charge in [0.1, 0.15) is 18.1 Å². The number of hydrogen-bond donors (Lipinski definition) is 0. The van der Waals surface area contributed by atoms with E-state index in [0.29, 0.717) is 11.3 Å². The van der Waals surface area contributed by atoms with Crippen LogP contribution in [0, 0.1) is 5.82 Å². The van der Waals surface area contributed by atoms with Gasteiger partial charge < -0.3 is 4.74 Å². The highest BCUT2D eigenvalue weighted by atomic mass is 79.9. The molecule has 5 nitrogen and oxygen atoms in total. The molecule has 0 radical (unpaired) electrons. The number of carbonyl (C=O) groups is 1. The molecular formula is C16H9BrClFN2O3. The van der Waals surface area contributed by atoms with Crippen molar-refractivity contribution in [3.05, 3.63) is 79.5 Å². The number of benzene rings is 1. The number of rotatable bonds is 3. The van der Waals surface area contributed by atoms with E-state index in [1.807, 2.05) is 0 Å². The molecule has 0 aliphatic rings. The van der Waals surface area contributed by atoms with Gasteiger partial charge in [-0.2, -0.15) is 0 Å². The molecule has 2 aromatic heterocycles. The largest absolute Gasteiger partial charge is 0.456 e. The Bertz CT molecular complexity index is 1010. The Kier molecular flexibility index (Phi) is 4.64. The predicted octanol–water partition coefficient (Wildman–Crippen LogP) is 3.61. The summed E-state index contributed by atoms with van der Waals surface area (Å²) in [4.78, 5) is 28.3. The highest BCUT2D eigenvalue weighted by Crippen LogP contribution is 2.18. The van der Waals surface area contributed by atoms with Crippen LogP contribution >= 0.6 is 27.5 Å². The Morgan fingerprint density at radius 3 is 2.83 bits per heavy atom. The van der Waals surface area contributed by atoms with Crippen LogP contribution < -0.4 is 5.56 Å². The maximum Gasteiger partial charge on any atom is 0.340 e. The summed E-state index contributed by atoms with van der Waals surface area (Å²) in [6, 6.07) is 8.06. The number of aromatic nitrogens is 2. The van der Waals surface area contributed by atoms with Gasteiger partial charge in [-0.15, -0.1) is 0 Å². The van der Waals surface area contributed by atoms with Crippen molar-refractivity contribution in [2.45, 2.75) is 6.61 Å². The Hall–Kier alpha value is -2.25. The molecule has 0 saturated carbocycles. The third kappa shape index (κ3) is 3.47. The zero-order valence-corrected chi connectivity index (χ0v) is 14.3. The number of hydrogen-bond acceptors (Lipinski definition) is 4. The first-order valence-electron chi connectivity index (χ1n) is 6.74. The minimum atomic E-state index is -0.724. The number of pyridine rings is 1. The molecule has 0 saturated heterocycles. The van der Waals surface area contributed by atoms with Crippen LogP contribution in [0.2, 0.25) is 5.02 Å². The lowest BCUT2D eigenvalue weighted by Gasteiger charge is -2.07. The summed E-state index contributed by atoms with van der Waals surface area (Å²) < 4.78 is 20.2. The van der Waals surface area contributed by atoms with E-state index in [4.69, 9.17) is 16.3 Å². The molecule has 0 spiro atoms. The first-order chi connectivity index (χ1) is 11.4. The van der Waals surface area contributed by atoms with Crippen LogP contribution in [0.25, 0.3) is 5.65 Å². The standard InChI is InChI=1S/C16H9BrClFN2O3/c17-9-1-4-14-20-11(6-15(22)21(14)7-9)8-24-16(23)12-3-2-10(19)5-13(12)18/h1-7H,8H2. The van der Waals surface area contributed by atoms with Gasteiger partial charge >= 0.3 is 5.97 Å². The van der Waals surface area contributed by atoms with Gasteiger partial charge in [0.05, 0.1) is 16.3 Å². The van der Waals surface area contributed by atoms with Crippen molar-refractivity contribution in [3.63, 3.8) is 0 Å². The van der Waals surface area contributed by atoms with Crippen LogP contribution in [0.15, 0.2) is 51.9 Å². The van der Waals surface area contributed by atoms with Gasteiger partial charge in [0.25, 0.3) is 5.56 Å². The van der Waals surface area contributed by atoms with Gasteiger partial charge in [0.15, 0.2) is 0 Å². The van der Waals surface area contributed by atoms with E-state index >= 15 is 0 Å². The van der Waals surface area contributed by atoms with E-state index in [9.17, 15) is 14.0 Å². The molecule has 0 bridgehead atoms. The lowest BCUT2D eigenvalue weighted by Crippen LogP contribution is -2.16. The van der Waals surface area contributed by atoms with Crippen LogP contribution in [0.5, 0.6) is 0 Å². The van der Waals surface area contributed by atoms with Gasteiger partial charge in [-0.05, 0) is 46.3 Å². The second-order valence-electron chi connectivity index (χ2n) is 4.86. The minimum absolute atomic E-state index is 0.0412. The first kappa shape index (κ1) is 16.6. The third-order valence-corrected chi connectivity index (χ3v) is 3.96. The molecule has 1 aromatic carbocycles. The van der Waals surface area contributed by atoms with Crippen molar-refractivity contribution in [1.82, 2.24) is 9.38 Å². The lowest BCUT2D eigenvalue weighted by molar-refractivity contribution is 0.0468. The van der Waals surface area contributed by atoms with Gasteiger partial charge in [-0.25, -0.2) is 14.2 Å². The quantitative estimate of drug-likeness (QED) is 0.618. The fourth-order valence-corrected chi connectivity index (χ4v) is 2.65. The monoisotopic (exact) mass is 410 g/mol. The highest BCUT2D eigenvalue weighted by molar-refractivity contribution is 9.10. The van der Waals surface area contributed by atoms with Crippen molar-refractivity contribution < 1.29 is 13.9 Å². The predicted molar refractivity (Wildman–Crippen MR) is 89.7 cm³/mol. The maximum absolute atomic E-state index is 13.0. The van der Waals surface area contributed by atoms with Crippen LogP contribution in [-0.4, -0.2) is 15.4 Å². The zero-order valence-electron chi connectivity index (χ0n) is 12.0. The molecule has 122 valence electrons. The fourth-order valence-electron chi connectivity index (χ4n) is 2.07. The topological polar surface area (TPSA) is 60.7 Å². The number of halogens is 3. The summed E-state index contributed by atoms with van der Waals surface area (Å²) in [5, 5.41) is -0.0450. The van der Waals surface area contributed by atoms with E-state index in [2.05, 4.69) is 20.9 Å². The molecule has 24 heavy (non-hydrogen) atoms. The Morgan fingerprint density at radius 2 is 2.08 bits per heavy atom. The molecule has 0 aliphatic carbocycles. The van der Waals surface area contributed by atoms with Crippen molar-refractivity contribution in [2.24, 2.45) is 0 Å². The average Bonchev–Trinajstić information content (AvgIpc) is 2.53. The molecule has 0 amide bonds. The van der Waals surface area contributed by atoms with E-state index < -0.39 is 11.8 Å². The Morgan fingerprint density at radius 1 is 1.29 bits per heavy atom. The van der Waals surface area contributed by atoms with Gasteiger partial charge in [0, 0.05) is 16.7 Å². The number of carbonyl (C=O) groups excluding carboxylic acids is 1. The second kappa shape index (κ2) is 6.70. The number of fused-ring (bicyclic) bond motifs is 1. The summed E-state index contributed by atoms with van der Waals surface area (Å²) in [6.45, 7) is -0.200. The van der Waals surface area contributed by atoms with Crippen LogP contribution in [0.3, 0.4) is 0 Å². The molecule has 0 atom stereocenters. The number of nitrogens with zero attached hydrogens (tertiary/aromatic N) is 2. The summed E-state index contributed by atoms with van der Waals surface area (Å²) in [5.41, 5.74) is 0.470. The van der Waals surface area contributed by atoms with E-state index in [-0.39, 0.29) is 22.8 Å². The van der Waals surface area contributed by atoms with Gasteiger partial charge in [-0.1, -0.05) is 11.6 Å². The Balaban J connectivity index is 1.81. The summed E-state index contributed by atoms with van der Waals surface area (Å²) in [7, 11) is 0. The summed E-state index contributed by atoms with van der Waals surface area (Å²) in [5.74, 6) is -1.27. The third-order valence-electron chi connectivity index (χ3n) is 3.18. The maximum atomic E-state index is 13.0. The van der Waals surface area contributed by atoms with Crippen LogP contribution in [-0.2, 0) is 11.3 Å². The van der Waals surface area contributed by atoms with Crippen molar-refractivity contribution in [1.29, 1.82) is 0 Å². The van der Waals surface area contributed by atoms with Crippen molar-refractivity contribution >= 4 is 39.1 Å². The molecular weight excluding hydrogens is 403 g/mol. The second-order valence-corrected chi connectivity index (χ2v) is 6.18. The van der Waals surface area contributed by atoms with Gasteiger partial charge in [-0.3, -0.25) is 9.20 Å². The van der Waals surface area contributed by atoms with Crippen LogP contribution in [0.1, 0.15) is 16.1 Å². The molecule has 0 fully saturated rings. The molecule has 0 N–H and O–H groups in total. The van der Waals surface area contributed by atoms with Crippen LogP contribution in [0.4, 0.5) is 4.39 Å².